The summed E-state index contributed by atoms with van der Waals surface area (Å²) >= 11 is 0. The molecule has 2 aliphatic rings. The summed E-state index contributed by atoms with van der Waals surface area (Å²) in [5.74, 6) is 0.914. The molecule has 0 saturated carbocycles. The average molecular weight is 394 g/mol. The number of nitrogens with zero attached hydrogens (tertiary/aromatic N) is 1. The second kappa shape index (κ2) is 8.55. The van der Waals surface area contributed by atoms with Crippen LogP contribution in [0.15, 0.2) is 48.5 Å². The molecule has 0 aromatic heterocycles. The van der Waals surface area contributed by atoms with Crippen molar-refractivity contribution in [1.82, 2.24) is 4.90 Å². The minimum absolute atomic E-state index is 0.0194. The monoisotopic (exact) mass is 394 g/mol. The Morgan fingerprint density at radius 2 is 2.00 bits per heavy atom. The summed E-state index contributed by atoms with van der Waals surface area (Å²) in [4.78, 5) is 27.7. The highest BCUT2D eigenvalue weighted by Crippen LogP contribution is 2.31. The number of anilines is 1. The number of hydrogen-bond acceptors (Lipinski definition) is 4. The summed E-state index contributed by atoms with van der Waals surface area (Å²) in [5, 5.41) is 2.85. The molecule has 152 valence electrons. The van der Waals surface area contributed by atoms with Crippen molar-refractivity contribution >= 4 is 17.5 Å². The molecule has 1 fully saturated rings. The zero-order chi connectivity index (χ0) is 20.2. The molecule has 2 atom stereocenters. The fourth-order valence-corrected chi connectivity index (χ4v) is 3.93. The maximum atomic E-state index is 13.1. The quantitative estimate of drug-likeness (QED) is 0.855. The molecule has 6 heteroatoms. The van der Waals surface area contributed by atoms with Gasteiger partial charge in [-0.25, -0.2) is 0 Å². The third-order valence-corrected chi connectivity index (χ3v) is 5.50. The minimum Gasteiger partial charge on any atom is -0.493 e. The van der Waals surface area contributed by atoms with E-state index < -0.39 is 6.10 Å². The molecule has 2 unspecified atom stereocenters. The predicted molar refractivity (Wildman–Crippen MR) is 110 cm³/mol. The number of benzene rings is 2. The van der Waals surface area contributed by atoms with E-state index in [0.717, 1.165) is 32.2 Å². The first-order chi connectivity index (χ1) is 14.1. The number of para-hydroxylation sites is 1. The van der Waals surface area contributed by atoms with Crippen LogP contribution in [0.5, 0.6) is 11.5 Å². The molecule has 4 rings (SSSR count). The van der Waals surface area contributed by atoms with E-state index in [1.54, 1.807) is 37.3 Å². The van der Waals surface area contributed by atoms with Gasteiger partial charge in [-0.2, -0.15) is 0 Å². The van der Waals surface area contributed by atoms with E-state index in [-0.39, 0.29) is 17.9 Å². The van der Waals surface area contributed by atoms with Crippen LogP contribution in [0.2, 0.25) is 0 Å². The summed E-state index contributed by atoms with van der Waals surface area (Å²) in [6.07, 6.45) is 3.39. The zero-order valence-corrected chi connectivity index (χ0v) is 16.6. The van der Waals surface area contributed by atoms with Gasteiger partial charge in [0.2, 0.25) is 0 Å². The molecule has 1 N–H and O–H groups in total. The Hall–Kier alpha value is -3.02. The number of carbonyl (C=O) groups excluding carboxylic acids is 2. The first kappa shape index (κ1) is 19.3. The molecule has 2 aliphatic heterocycles. The number of ether oxygens (including phenoxy) is 2. The third kappa shape index (κ3) is 4.36. The first-order valence-corrected chi connectivity index (χ1v) is 10.2. The van der Waals surface area contributed by atoms with Crippen LogP contribution in [0.1, 0.15) is 43.0 Å². The topological polar surface area (TPSA) is 67.9 Å². The second-order valence-electron chi connectivity index (χ2n) is 7.56. The Morgan fingerprint density at radius 1 is 1.17 bits per heavy atom. The Kier molecular flexibility index (Phi) is 5.69. The van der Waals surface area contributed by atoms with Gasteiger partial charge in [-0.1, -0.05) is 18.2 Å². The van der Waals surface area contributed by atoms with Crippen molar-refractivity contribution in [2.45, 2.75) is 44.8 Å². The van der Waals surface area contributed by atoms with Crippen molar-refractivity contribution in [1.29, 1.82) is 0 Å². The Bertz CT molecular complexity index is 884. The van der Waals surface area contributed by atoms with Gasteiger partial charge in [0.15, 0.2) is 6.10 Å². The van der Waals surface area contributed by atoms with Gasteiger partial charge in [0.05, 0.1) is 12.2 Å². The molecule has 0 aliphatic carbocycles. The van der Waals surface area contributed by atoms with E-state index in [4.69, 9.17) is 9.47 Å². The molecule has 6 nitrogen and oxygen atoms in total. The number of piperidine rings is 1. The third-order valence-electron chi connectivity index (χ3n) is 5.50. The fourth-order valence-electron chi connectivity index (χ4n) is 3.93. The van der Waals surface area contributed by atoms with E-state index >= 15 is 0 Å². The summed E-state index contributed by atoms with van der Waals surface area (Å²) in [6.45, 7) is 3.07. The molecule has 2 aromatic carbocycles. The number of amides is 2. The Morgan fingerprint density at radius 3 is 2.83 bits per heavy atom. The normalized spacial score (nSPS) is 19.7. The smallest absolute Gasteiger partial charge is 0.265 e. The highest BCUT2D eigenvalue weighted by Gasteiger charge is 2.31. The summed E-state index contributed by atoms with van der Waals surface area (Å²) < 4.78 is 11.5. The summed E-state index contributed by atoms with van der Waals surface area (Å²) in [5.41, 5.74) is 1.06. The molecular formula is C23H26N2O4. The first-order valence-electron chi connectivity index (χ1n) is 10.2. The lowest BCUT2D eigenvalue weighted by Crippen LogP contribution is -2.45. The van der Waals surface area contributed by atoms with Gasteiger partial charge in [0, 0.05) is 24.7 Å². The molecule has 0 spiro atoms. The van der Waals surface area contributed by atoms with Gasteiger partial charge in [-0.15, -0.1) is 0 Å². The van der Waals surface area contributed by atoms with E-state index in [2.05, 4.69) is 5.32 Å². The van der Waals surface area contributed by atoms with Gasteiger partial charge in [-0.05, 0) is 56.5 Å². The maximum absolute atomic E-state index is 13.1. The van der Waals surface area contributed by atoms with E-state index in [1.165, 1.54) is 0 Å². The van der Waals surface area contributed by atoms with Crippen LogP contribution in [0, 0.1) is 0 Å². The predicted octanol–water partition coefficient (Wildman–Crippen LogP) is 3.87. The SMILES string of the molecule is CC(Oc1ccccc1)C(=O)Nc1ccc2c(c1)C(=O)N1CCCCC1CCO2. The number of carbonyl (C=O) groups is 2. The van der Waals surface area contributed by atoms with Crippen LogP contribution in [0.4, 0.5) is 5.69 Å². The summed E-state index contributed by atoms with van der Waals surface area (Å²) in [6, 6.07) is 14.7. The van der Waals surface area contributed by atoms with Gasteiger partial charge in [-0.3, -0.25) is 9.59 Å². The maximum Gasteiger partial charge on any atom is 0.265 e. The number of fused-ring (bicyclic) bond motifs is 2. The van der Waals surface area contributed by atoms with E-state index in [1.807, 2.05) is 23.1 Å². The van der Waals surface area contributed by atoms with Crippen LogP contribution < -0.4 is 14.8 Å². The lowest BCUT2D eigenvalue weighted by atomic mass is 9.97. The molecular weight excluding hydrogens is 368 g/mol. The van der Waals surface area contributed by atoms with Crippen molar-refractivity contribution in [3.8, 4) is 11.5 Å². The lowest BCUT2D eigenvalue weighted by molar-refractivity contribution is -0.122. The van der Waals surface area contributed by atoms with Crippen LogP contribution in [-0.4, -0.2) is 42.0 Å². The van der Waals surface area contributed by atoms with Crippen LogP contribution in [0.25, 0.3) is 0 Å². The van der Waals surface area contributed by atoms with Crippen molar-refractivity contribution in [2.75, 3.05) is 18.5 Å². The molecule has 0 bridgehead atoms. The van der Waals surface area contributed by atoms with E-state index in [0.29, 0.717) is 29.4 Å². The molecule has 2 heterocycles. The standard InChI is InChI=1S/C23H26N2O4/c1-16(29-19-8-3-2-4-9-19)22(26)24-17-10-11-21-20(15-17)23(27)25-13-6-5-7-18(25)12-14-28-21/h2-4,8-11,15-16,18H,5-7,12-14H2,1H3,(H,24,26). The van der Waals surface area contributed by atoms with Gasteiger partial charge in [0.1, 0.15) is 11.5 Å². The van der Waals surface area contributed by atoms with Crippen molar-refractivity contribution in [3.63, 3.8) is 0 Å². The molecule has 2 amide bonds. The van der Waals surface area contributed by atoms with Crippen molar-refractivity contribution in [3.05, 3.63) is 54.1 Å². The average Bonchev–Trinajstić information content (AvgIpc) is 2.74. The fraction of sp³-hybridized carbons (Fsp3) is 0.391. The van der Waals surface area contributed by atoms with Crippen molar-refractivity contribution in [2.24, 2.45) is 0 Å². The summed E-state index contributed by atoms with van der Waals surface area (Å²) in [7, 11) is 0. The zero-order valence-electron chi connectivity index (χ0n) is 16.6. The molecule has 2 aromatic rings. The highest BCUT2D eigenvalue weighted by molar-refractivity contribution is 6.00. The second-order valence-corrected chi connectivity index (χ2v) is 7.56. The molecule has 0 radical (unpaired) electrons. The van der Waals surface area contributed by atoms with Gasteiger partial charge in [0.25, 0.3) is 11.8 Å². The number of hydrogen-bond donors (Lipinski definition) is 1. The van der Waals surface area contributed by atoms with Crippen LogP contribution in [-0.2, 0) is 4.79 Å². The van der Waals surface area contributed by atoms with Gasteiger partial charge < -0.3 is 19.7 Å². The van der Waals surface area contributed by atoms with Crippen LogP contribution in [0.3, 0.4) is 0 Å². The Labute approximate surface area is 170 Å². The van der Waals surface area contributed by atoms with Gasteiger partial charge >= 0.3 is 0 Å². The minimum atomic E-state index is -0.669. The molecule has 29 heavy (non-hydrogen) atoms. The lowest BCUT2D eigenvalue weighted by Gasteiger charge is -2.37. The number of nitrogens with one attached hydrogen (secondary N) is 1. The largest absolute Gasteiger partial charge is 0.493 e. The van der Waals surface area contributed by atoms with Crippen LogP contribution >= 0.6 is 0 Å². The van der Waals surface area contributed by atoms with E-state index in [9.17, 15) is 9.59 Å². The van der Waals surface area contributed by atoms with Crippen molar-refractivity contribution < 1.29 is 19.1 Å². The highest BCUT2D eigenvalue weighted by atomic mass is 16.5. The number of rotatable bonds is 4. The Balaban J connectivity index is 1.49. The molecule has 1 saturated heterocycles.